The van der Waals surface area contributed by atoms with Gasteiger partial charge in [0.25, 0.3) is 0 Å². The van der Waals surface area contributed by atoms with Gasteiger partial charge in [0.1, 0.15) is 10.1 Å². The number of aryl methyl sites for hydroxylation is 4. The number of benzene rings is 2. The summed E-state index contributed by atoms with van der Waals surface area (Å²) < 4.78 is 3.87. The van der Waals surface area contributed by atoms with Gasteiger partial charge in [0.15, 0.2) is 0 Å². The van der Waals surface area contributed by atoms with Crippen molar-refractivity contribution in [3.05, 3.63) is 71.0 Å². The Bertz CT molecular complexity index is 1710. The molecule has 4 aromatic heterocycles. The molecule has 0 unspecified atom stereocenters. The fourth-order valence-corrected chi connectivity index (χ4v) is 6.77. The first kappa shape index (κ1) is 26.0. The molecule has 14 heteroatoms. The molecule has 0 fully saturated rings. The molecule has 12 nitrogen and oxygen atoms in total. The summed E-state index contributed by atoms with van der Waals surface area (Å²) in [6.07, 6.45) is 3.57. The molecule has 0 aliphatic rings. The molecule has 0 radical (unpaired) electrons. The van der Waals surface area contributed by atoms with Gasteiger partial charge in [-0.15, -0.1) is 20.4 Å². The van der Waals surface area contributed by atoms with E-state index in [1.54, 1.807) is 48.1 Å². The van der Waals surface area contributed by atoms with Crippen molar-refractivity contribution in [2.24, 2.45) is 14.1 Å². The lowest BCUT2D eigenvalue weighted by molar-refractivity contribution is 0.630. The first-order chi connectivity index (χ1) is 19.3. The quantitative estimate of drug-likeness (QED) is 0.254. The van der Waals surface area contributed by atoms with E-state index in [-0.39, 0.29) is 0 Å². The zero-order valence-electron chi connectivity index (χ0n) is 22.8. The number of nitrogens with zero attached hydrogens (tertiary/aromatic N) is 12. The molecular weight excluding hydrogens is 545 g/mol. The van der Waals surface area contributed by atoms with Gasteiger partial charge in [0.05, 0.1) is 49.0 Å². The Hall–Kier alpha value is -4.30. The van der Waals surface area contributed by atoms with Gasteiger partial charge in [-0.3, -0.25) is 0 Å². The highest BCUT2D eigenvalue weighted by Gasteiger charge is 2.24. The highest BCUT2D eigenvalue weighted by Crippen LogP contribution is 2.46. The van der Waals surface area contributed by atoms with Crippen molar-refractivity contribution < 1.29 is 0 Å². The van der Waals surface area contributed by atoms with Gasteiger partial charge in [-0.25, -0.2) is 9.36 Å². The topological polar surface area (TPSA) is 123 Å². The number of tetrazole rings is 2. The Morgan fingerprint density at radius 2 is 1.02 bits per heavy atom. The van der Waals surface area contributed by atoms with Gasteiger partial charge >= 0.3 is 0 Å². The van der Waals surface area contributed by atoms with Crippen LogP contribution in [0, 0.1) is 27.7 Å². The van der Waals surface area contributed by atoms with Crippen LogP contribution in [0.3, 0.4) is 0 Å². The minimum Gasteiger partial charge on any atom is -0.225 e. The van der Waals surface area contributed by atoms with Crippen LogP contribution in [0.5, 0.6) is 0 Å². The summed E-state index contributed by atoms with van der Waals surface area (Å²) in [6, 6.07) is 12.4. The molecule has 202 valence electrons. The Morgan fingerprint density at radius 1 is 0.600 bits per heavy atom. The predicted octanol–water partition coefficient (Wildman–Crippen LogP) is 4.47. The van der Waals surface area contributed by atoms with Crippen molar-refractivity contribution in [2.75, 3.05) is 0 Å². The van der Waals surface area contributed by atoms with Gasteiger partial charge in [-0.1, -0.05) is 24.3 Å². The highest BCUT2D eigenvalue weighted by atomic mass is 33.1. The summed E-state index contributed by atoms with van der Waals surface area (Å²) in [6.45, 7) is 8.39. The third-order valence-electron chi connectivity index (χ3n) is 6.76. The zero-order chi connectivity index (χ0) is 28.0. The standard InChI is InChI=1S/C26H26N12S2/c1-15-9-7-11-21(17(15)3)37-25(19(13-27-37)23-29-33-35(5)31-23)39-40-26-20(24-30-34-36(6)32-24)14-28-38(26)22-12-8-10-16(2)18(22)4/h7-14H,1-6H3. The lowest BCUT2D eigenvalue weighted by atomic mass is 10.1. The fraction of sp³-hybridized carbons (Fsp3) is 0.231. The summed E-state index contributed by atoms with van der Waals surface area (Å²) in [7, 11) is 6.58. The first-order valence-electron chi connectivity index (χ1n) is 12.4. The van der Waals surface area contributed by atoms with Crippen LogP contribution in [0.15, 0.2) is 58.8 Å². The minimum atomic E-state index is 0.501. The minimum absolute atomic E-state index is 0.501. The second-order valence-corrected chi connectivity index (χ2v) is 11.5. The Labute approximate surface area is 238 Å². The van der Waals surface area contributed by atoms with Crippen molar-refractivity contribution in [2.45, 2.75) is 37.7 Å². The molecule has 0 atom stereocenters. The molecule has 0 aliphatic heterocycles. The lowest BCUT2D eigenvalue weighted by Gasteiger charge is -2.14. The summed E-state index contributed by atoms with van der Waals surface area (Å²) in [5, 5.41) is 36.8. The second kappa shape index (κ2) is 10.4. The van der Waals surface area contributed by atoms with Gasteiger partial charge in [0.2, 0.25) is 11.6 Å². The van der Waals surface area contributed by atoms with E-state index >= 15 is 0 Å². The number of hydrogen-bond donors (Lipinski definition) is 0. The second-order valence-electron chi connectivity index (χ2n) is 9.36. The van der Waals surface area contributed by atoms with Gasteiger partial charge < -0.3 is 0 Å². The summed E-state index contributed by atoms with van der Waals surface area (Å²) in [5.74, 6) is 1.00. The van der Waals surface area contributed by atoms with Crippen LogP contribution in [0.4, 0.5) is 0 Å². The molecule has 0 spiro atoms. The molecule has 40 heavy (non-hydrogen) atoms. The highest BCUT2D eigenvalue weighted by molar-refractivity contribution is 8.76. The summed E-state index contributed by atoms with van der Waals surface area (Å²) in [5.41, 5.74) is 8.17. The molecule has 4 heterocycles. The molecule has 6 rings (SSSR count). The number of aromatic nitrogens is 12. The van der Waals surface area contributed by atoms with Crippen molar-refractivity contribution >= 4 is 21.6 Å². The van der Waals surface area contributed by atoms with Crippen LogP contribution in [0.1, 0.15) is 22.3 Å². The predicted molar refractivity (Wildman–Crippen MR) is 153 cm³/mol. The number of hydrogen-bond acceptors (Lipinski definition) is 10. The maximum Gasteiger partial charge on any atom is 0.209 e. The molecular formula is C26H26N12S2. The van der Waals surface area contributed by atoms with E-state index in [1.165, 1.54) is 20.7 Å². The van der Waals surface area contributed by atoms with E-state index in [9.17, 15) is 0 Å². The van der Waals surface area contributed by atoms with Crippen LogP contribution in [0.2, 0.25) is 0 Å². The average molecular weight is 571 g/mol. The fourth-order valence-electron chi connectivity index (χ4n) is 4.28. The molecule has 2 aromatic carbocycles. The Balaban J connectivity index is 1.49. The van der Waals surface area contributed by atoms with Gasteiger partial charge in [-0.2, -0.15) is 19.8 Å². The van der Waals surface area contributed by atoms with Crippen molar-refractivity contribution in [1.82, 2.24) is 60.0 Å². The van der Waals surface area contributed by atoms with Crippen LogP contribution >= 0.6 is 21.6 Å². The molecule has 0 saturated carbocycles. The smallest absolute Gasteiger partial charge is 0.209 e. The monoisotopic (exact) mass is 570 g/mol. The lowest BCUT2D eigenvalue weighted by Crippen LogP contribution is -2.03. The molecule has 0 aliphatic carbocycles. The average Bonchev–Trinajstić information content (AvgIpc) is 3.73. The van der Waals surface area contributed by atoms with E-state index in [2.05, 4.69) is 82.8 Å². The van der Waals surface area contributed by atoms with Crippen molar-refractivity contribution in [3.8, 4) is 34.2 Å². The van der Waals surface area contributed by atoms with Crippen LogP contribution < -0.4 is 0 Å². The van der Waals surface area contributed by atoms with Crippen molar-refractivity contribution in [3.63, 3.8) is 0 Å². The van der Waals surface area contributed by atoms with E-state index in [1.807, 2.05) is 21.5 Å². The van der Waals surface area contributed by atoms with Gasteiger partial charge in [0, 0.05) is 0 Å². The van der Waals surface area contributed by atoms with Crippen LogP contribution in [0.25, 0.3) is 34.2 Å². The third-order valence-corrected chi connectivity index (χ3v) is 9.14. The third kappa shape index (κ3) is 4.58. The van der Waals surface area contributed by atoms with Gasteiger partial charge in [-0.05, 0) is 94.1 Å². The van der Waals surface area contributed by atoms with Crippen LogP contribution in [-0.2, 0) is 14.1 Å². The van der Waals surface area contributed by atoms with Crippen LogP contribution in [-0.4, -0.2) is 60.0 Å². The molecule has 0 amide bonds. The van der Waals surface area contributed by atoms with E-state index < -0.39 is 0 Å². The largest absolute Gasteiger partial charge is 0.225 e. The summed E-state index contributed by atoms with van der Waals surface area (Å²) >= 11 is 0. The van der Waals surface area contributed by atoms with E-state index in [4.69, 9.17) is 10.2 Å². The zero-order valence-corrected chi connectivity index (χ0v) is 24.4. The Morgan fingerprint density at radius 3 is 1.40 bits per heavy atom. The number of rotatable bonds is 7. The maximum absolute atomic E-state index is 4.77. The molecule has 0 N–H and O–H groups in total. The summed E-state index contributed by atoms with van der Waals surface area (Å²) in [4.78, 5) is 2.89. The van der Waals surface area contributed by atoms with E-state index in [0.717, 1.165) is 43.7 Å². The Kier molecular flexibility index (Phi) is 6.72. The normalized spacial score (nSPS) is 11.4. The van der Waals surface area contributed by atoms with E-state index in [0.29, 0.717) is 11.6 Å². The molecule has 0 bridgehead atoms. The van der Waals surface area contributed by atoms with Crippen molar-refractivity contribution in [1.29, 1.82) is 0 Å². The molecule has 6 aromatic rings. The maximum atomic E-state index is 4.77. The first-order valence-corrected chi connectivity index (χ1v) is 14.6. The SMILES string of the molecule is Cc1cccc(-n2ncc(-c3nnn(C)n3)c2SSc2c(-c3nnn(C)n3)cnn2-c2cccc(C)c2C)c1C. The molecule has 0 saturated heterocycles.